The van der Waals surface area contributed by atoms with Gasteiger partial charge in [-0.15, -0.1) is 11.3 Å². The van der Waals surface area contributed by atoms with Gasteiger partial charge in [0.1, 0.15) is 24.6 Å². The zero-order chi connectivity index (χ0) is 19.1. The van der Waals surface area contributed by atoms with Crippen molar-refractivity contribution < 1.29 is 14.3 Å². The summed E-state index contributed by atoms with van der Waals surface area (Å²) in [5, 5.41) is 2.40. The maximum atomic E-state index is 13.0. The van der Waals surface area contributed by atoms with Crippen LogP contribution in [0.3, 0.4) is 0 Å². The summed E-state index contributed by atoms with van der Waals surface area (Å²) < 4.78 is 12.7. The van der Waals surface area contributed by atoms with Crippen molar-refractivity contribution in [2.75, 3.05) is 19.8 Å². The maximum absolute atomic E-state index is 13.0. The molecule has 0 radical (unpaired) electrons. The monoisotopic (exact) mass is 397 g/mol. The fourth-order valence-electron chi connectivity index (χ4n) is 3.92. The minimum atomic E-state index is -0.172. The maximum Gasteiger partial charge on any atom is 0.262 e. The molecule has 4 heterocycles. The van der Waals surface area contributed by atoms with Gasteiger partial charge in [0.15, 0.2) is 11.5 Å². The predicted molar refractivity (Wildman–Crippen MR) is 105 cm³/mol. The average molecular weight is 397 g/mol. The molecule has 1 unspecified atom stereocenters. The first kappa shape index (κ1) is 17.2. The van der Waals surface area contributed by atoms with E-state index in [4.69, 9.17) is 9.47 Å². The molecule has 0 bridgehead atoms. The number of hydrogen-bond donors (Lipinski definition) is 0. The van der Waals surface area contributed by atoms with E-state index in [-0.39, 0.29) is 24.1 Å². The van der Waals surface area contributed by atoms with Crippen LogP contribution < -0.4 is 15.0 Å². The molecule has 1 amide bonds. The lowest BCUT2D eigenvalue weighted by Crippen LogP contribution is -2.36. The van der Waals surface area contributed by atoms with E-state index in [1.54, 1.807) is 6.07 Å². The third-order valence-corrected chi connectivity index (χ3v) is 6.10. The third kappa shape index (κ3) is 2.93. The number of fused-ring (bicyclic) bond motifs is 2. The van der Waals surface area contributed by atoms with Crippen LogP contribution in [0.2, 0.25) is 0 Å². The topological polar surface area (TPSA) is 73.7 Å². The highest BCUT2D eigenvalue weighted by Gasteiger charge is 2.31. The Morgan fingerprint density at radius 2 is 2.07 bits per heavy atom. The molecule has 0 spiro atoms. The van der Waals surface area contributed by atoms with Crippen LogP contribution >= 0.6 is 11.3 Å². The third-order valence-electron chi connectivity index (χ3n) is 5.28. The van der Waals surface area contributed by atoms with Crippen molar-refractivity contribution in [1.29, 1.82) is 0 Å². The normalized spacial score (nSPS) is 18.6. The van der Waals surface area contributed by atoms with E-state index in [1.165, 1.54) is 22.2 Å². The van der Waals surface area contributed by atoms with Crippen molar-refractivity contribution in [3.8, 4) is 11.5 Å². The molecule has 2 aromatic heterocycles. The summed E-state index contributed by atoms with van der Waals surface area (Å²) >= 11 is 1.42. The first-order valence-corrected chi connectivity index (χ1v) is 10.2. The van der Waals surface area contributed by atoms with E-state index in [9.17, 15) is 9.59 Å². The van der Waals surface area contributed by atoms with Gasteiger partial charge in [-0.3, -0.25) is 14.2 Å². The van der Waals surface area contributed by atoms with Gasteiger partial charge in [-0.1, -0.05) is 6.07 Å². The summed E-state index contributed by atoms with van der Waals surface area (Å²) in [5.41, 5.74) is 0.864. The van der Waals surface area contributed by atoms with E-state index >= 15 is 0 Å². The van der Waals surface area contributed by atoms with Gasteiger partial charge in [-0.2, -0.15) is 0 Å². The molecule has 144 valence electrons. The second-order valence-electron chi connectivity index (χ2n) is 6.97. The van der Waals surface area contributed by atoms with E-state index in [1.807, 2.05) is 28.5 Å². The predicted octanol–water partition coefficient (Wildman–Crippen LogP) is 2.59. The molecule has 3 aromatic rings. The number of aromatic nitrogens is 2. The lowest BCUT2D eigenvalue weighted by atomic mass is 10.0. The summed E-state index contributed by atoms with van der Waals surface area (Å²) in [6, 6.07) is 7.61. The Hall–Kier alpha value is -2.87. The van der Waals surface area contributed by atoms with Gasteiger partial charge in [-0.25, -0.2) is 4.98 Å². The van der Waals surface area contributed by atoms with Crippen molar-refractivity contribution >= 4 is 27.5 Å². The quantitative estimate of drug-likeness (QED) is 0.679. The molecule has 1 saturated heterocycles. The van der Waals surface area contributed by atoms with E-state index < -0.39 is 0 Å². The minimum absolute atomic E-state index is 0.00132. The minimum Gasteiger partial charge on any atom is -0.486 e. The largest absolute Gasteiger partial charge is 0.486 e. The van der Waals surface area contributed by atoms with Gasteiger partial charge in [0, 0.05) is 6.54 Å². The smallest absolute Gasteiger partial charge is 0.262 e. The summed E-state index contributed by atoms with van der Waals surface area (Å²) in [5.74, 6) is 1.40. The van der Waals surface area contributed by atoms with Gasteiger partial charge in [0.2, 0.25) is 5.91 Å². The second kappa shape index (κ2) is 6.94. The average Bonchev–Trinajstić information content (AvgIpc) is 3.39. The van der Waals surface area contributed by atoms with Crippen LogP contribution in [0, 0.1) is 0 Å². The van der Waals surface area contributed by atoms with Crippen molar-refractivity contribution in [3.63, 3.8) is 0 Å². The van der Waals surface area contributed by atoms with Gasteiger partial charge in [0.05, 0.1) is 17.8 Å². The Kier molecular flexibility index (Phi) is 4.27. The number of hydrogen-bond acceptors (Lipinski definition) is 6. The number of carbonyl (C=O) groups excluding carboxylic acids is 1. The number of ether oxygens (including phenoxy) is 2. The number of carbonyl (C=O) groups is 1. The number of amides is 1. The molecule has 0 saturated carbocycles. The molecule has 0 N–H and O–H groups in total. The SMILES string of the molecule is O=C(Cn1cnc2sccc2c1=O)N1CCCC1c1ccc2c(c1)OCCO2. The highest BCUT2D eigenvalue weighted by Crippen LogP contribution is 2.38. The van der Waals surface area contributed by atoms with Crippen molar-refractivity contribution in [2.24, 2.45) is 0 Å². The lowest BCUT2D eigenvalue weighted by Gasteiger charge is -2.27. The van der Waals surface area contributed by atoms with Gasteiger partial charge in [0.25, 0.3) is 5.56 Å². The summed E-state index contributed by atoms with van der Waals surface area (Å²) in [7, 11) is 0. The molecule has 1 fully saturated rings. The van der Waals surface area contributed by atoms with Crippen LogP contribution in [-0.2, 0) is 11.3 Å². The zero-order valence-electron chi connectivity index (χ0n) is 15.2. The van der Waals surface area contributed by atoms with Gasteiger partial charge >= 0.3 is 0 Å². The highest BCUT2D eigenvalue weighted by atomic mass is 32.1. The zero-order valence-corrected chi connectivity index (χ0v) is 16.0. The van der Waals surface area contributed by atoms with Crippen LogP contribution in [0.1, 0.15) is 24.4 Å². The van der Waals surface area contributed by atoms with Crippen LogP contribution in [0.15, 0.2) is 40.8 Å². The lowest BCUT2D eigenvalue weighted by molar-refractivity contribution is -0.132. The highest BCUT2D eigenvalue weighted by molar-refractivity contribution is 7.16. The summed E-state index contributed by atoms with van der Waals surface area (Å²) in [6.07, 6.45) is 3.29. The van der Waals surface area contributed by atoms with E-state index in [2.05, 4.69) is 4.98 Å². The van der Waals surface area contributed by atoms with E-state index in [0.29, 0.717) is 30.0 Å². The van der Waals surface area contributed by atoms with E-state index in [0.717, 1.165) is 29.9 Å². The standard InChI is InChI=1S/C20H19N3O4S/c24-18(11-22-12-21-19-14(20(22)25)5-9-28-19)23-6-1-2-15(23)13-3-4-16-17(10-13)27-8-7-26-16/h3-5,9-10,12,15H,1-2,6-8,11H2. The fourth-order valence-corrected chi connectivity index (χ4v) is 4.64. The molecule has 1 aromatic carbocycles. The Balaban J connectivity index is 1.39. The van der Waals surface area contributed by atoms with Crippen molar-refractivity contribution in [3.05, 3.63) is 51.9 Å². The van der Waals surface area contributed by atoms with Crippen molar-refractivity contribution in [1.82, 2.24) is 14.5 Å². The summed E-state index contributed by atoms with van der Waals surface area (Å²) in [4.78, 5) is 32.4. The number of likely N-dealkylation sites (tertiary alicyclic amines) is 1. The number of thiophene rings is 1. The first-order chi connectivity index (χ1) is 13.7. The van der Waals surface area contributed by atoms with Crippen LogP contribution in [0.5, 0.6) is 11.5 Å². The Labute approximate surface area is 165 Å². The Bertz CT molecular complexity index is 1110. The molecule has 8 heteroatoms. The first-order valence-electron chi connectivity index (χ1n) is 9.32. The molecule has 2 aliphatic rings. The van der Waals surface area contributed by atoms with Crippen molar-refractivity contribution in [2.45, 2.75) is 25.4 Å². The molecule has 7 nitrogen and oxygen atoms in total. The number of benzene rings is 1. The van der Waals surface area contributed by atoms with Gasteiger partial charge in [-0.05, 0) is 42.0 Å². The molecule has 1 atom stereocenters. The summed E-state index contributed by atoms with van der Waals surface area (Å²) in [6.45, 7) is 1.77. The number of rotatable bonds is 3. The Morgan fingerprint density at radius 3 is 2.96 bits per heavy atom. The van der Waals surface area contributed by atoms with Crippen LogP contribution in [-0.4, -0.2) is 40.1 Å². The molecular formula is C20H19N3O4S. The molecule has 5 rings (SSSR count). The van der Waals surface area contributed by atoms with Crippen LogP contribution in [0.25, 0.3) is 10.2 Å². The molecule has 2 aliphatic heterocycles. The molecule has 0 aliphatic carbocycles. The fraction of sp³-hybridized carbons (Fsp3) is 0.350. The Morgan fingerprint density at radius 1 is 1.21 bits per heavy atom. The number of nitrogens with zero attached hydrogens (tertiary/aromatic N) is 3. The molecular weight excluding hydrogens is 378 g/mol. The van der Waals surface area contributed by atoms with Gasteiger partial charge < -0.3 is 14.4 Å². The second-order valence-corrected chi connectivity index (χ2v) is 7.86. The van der Waals surface area contributed by atoms with Crippen LogP contribution in [0.4, 0.5) is 0 Å². The molecule has 28 heavy (non-hydrogen) atoms.